The summed E-state index contributed by atoms with van der Waals surface area (Å²) >= 11 is 0. The Morgan fingerprint density at radius 2 is 2.60 bits per heavy atom. The van der Waals surface area contributed by atoms with E-state index in [1.165, 1.54) is 6.26 Å². The van der Waals surface area contributed by atoms with Crippen molar-refractivity contribution >= 4 is 0 Å². The fraction of sp³-hybridized carbons (Fsp3) is 0. The van der Waals surface area contributed by atoms with Crippen LogP contribution in [0.25, 0.3) is 0 Å². The summed E-state index contributed by atoms with van der Waals surface area (Å²) in [6.45, 7) is 0. The lowest BCUT2D eigenvalue weighted by Gasteiger charge is -1.44. The standard InChI is InChI=1S/C4H2O/c1-2-4-5-3-1/h1,3H. The van der Waals surface area contributed by atoms with Crippen molar-refractivity contribution in [1.82, 2.24) is 0 Å². The van der Waals surface area contributed by atoms with Crippen molar-refractivity contribution in [1.29, 1.82) is 0 Å². The molecule has 0 saturated carbocycles. The Labute approximate surface area is 30.2 Å². The largest absolute Gasteiger partial charge is 0.414 e. The molecule has 0 aromatic carbocycles. The molecule has 0 aliphatic carbocycles. The Morgan fingerprint density at radius 3 is 2.80 bits per heavy atom. The highest BCUT2D eigenvalue weighted by Crippen LogP contribution is 1.68. The van der Waals surface area contributed by atoms with Gasteiger partial charge in [-0.25, -0.2) is 0 Å². The van der Waals surface area contributed by atoms with Crippen LogP contribution in [-0.2, 0) is 0 Å². The van der Waals surface area contributed by atoms with Gasteiger partial charge < -0.3 is 4.42 Å². The second-order valence-corrected chi connectivity index (χ2v) is 0.667. The predicted octanol–water partition coefficient (Wildman–Crippen LogP) is 0.880. The molecular formula is C4H2O. The van der Waals surface area contributed by atoms with Gasteiger partial charge in [0, 0.05) is 6.07 Å². The van der Waals surface area contributed by atoms with Crippen molar-refractivity contribution in [2.24, 2.45) is 0 Å². The lowest BCUT2D eigenvalue weighted by atomic mass is 10.8. The molecule has 1 aromatic rings. The van der Waals surface area contributed by atoms with Gasteiger partial charge in [0.25, 0.3) is 0 Å². The van der Waals surface area contributed by atoms with Crippen molar-refractivity contribution in [3.8, 4) is 0 Å². The summed E-state index contributed by atoms with van der Waals surface area (Å²) in [7, 11) is 0. The zero-order valence-electron chi connectivity index (χ0n) is 2.56. The number of rotatable bonds is 0. The summed E-state index contributed by atoms with van der Waals surface area (Å²) in [5.74, 6) is 0. The number of hydrogen-bond donors (Lipinski definition) is 0. The zero-order valence-corrected chi connectivity index (χ0v) is 2.56. The normalized spacial score (nSPS) is 6.40. The van der Waals surface area contributed by atoms with Gasteiger partial charge in [0.05, 0.1) is 0 Å². The first-order valence-electron chi connectivity index (χ1n) is 1.31. The molecule has 1 rings (SSSR count). The summed E-state index contributed by atoms with van der Waals surface area (Å²) in [5.41, 5.74) is 0. The molecule has 0 fully saturated rings. The molecule has 1 nitrogen and oxygen atoms in total. The van der Waals surface area contributed by atoms with Gasteiger partial charge in [-0.2, -0.15) is 0 Å². The Balaban J connectivity index is 3.13. The summed E-state index contributed by atoms with van der Waals surface area (Å²) in [6.07, 6.45) is 3.88. The molecule has 0 spiro atoms. The minimum Gasteiger partial charge on any atom is -0.414 e. The molecule has 0 bridgehead atoms. The third-order valence-corrected chi connectivity index (χ3v) is 0.337. The first kappa shape index (κ1) is 2.34. The molecule has 0 radical (unpaired) electrons. The van der Waals surface area contributed by atoms with Gasteiger partial charge in [-0.3, -0.25) is 0 Å². The van der Waals surface area contributed by atoms with Crippen LogP contribution < -0.4 is 0 Å². The highest BCUT2D eigenvalue weighted by molar-refractivity contribution is 4.65. The highest BCUT2D eigenvalue weighted by atomic mass is 16.3. The summed E-state index contributed by atoms with van der Waals surface area (Å²) < 4.78 is 4.40. The average molecular weight is 66.1 g/mol. The Hall–Kier alpha value is -0.900. The molecule has 0 aliphatic heterocycles. The maximum absolute atomic E-state index is 4.40. The molecule has 1 heterocycles. The SMILES string of the molecule is c1ccoc#1. The second-order valence-electron chi connectivity index (χ2n) is 0.667. The van der Waals surface area contributed by atoms with E-state index in [9.17, 15) is 0 Å². The van der Waals surface area contributed by atoms with E-state index in [1.807, 2.05) is 0 Å². The first-order valence-corrected chi connectivity index (χ1v) is 1.31. The van der Waals surface area contributed by atoms with Crippen LogP contribution in [0.15, 0.2) is 16.7 Å². The van der Waals surface area contributed by atoms with Gasteiger partial charge in [-0.05, 0) is 6.07 Å². The quantitative estimate of drug-likeness (QED) is 0.438. The molecule has 1 heteroatoms. The molecule has 0 atom stereocenters. The lowest BCUT2D eigenvalue weighted by molar-refractivity contribution is 0.565. The Bertz CT molecular complexity index is 60.1. The van der Waals surface area contributed by atoms with Crippen molar-refractivity contribution in [3.05, 3.63) is 24.7 Å². The maximum Gasteiger partial charge on any atom is 0.120 e. The molecule has 0 N–H and O–H groups in total. The van der Waals surface area contributed by atoms with Crippen LogP contribution in [-0.4, -0.2) is 0 Å². The summed E-state index contributed by atoms with van der Waals surface area (Å²) in [5, 5.41) is 0. The van der Waals surface area contributed by atoms with Gasteiger partial charge in [0.15, 0.2) is 0 Å². The van der Waals surface area contributed by atoms with Gasteiger partial charge in [0.2, 0.25) is 0 Å². The molecule has 0 saturated heterocycles. The summed E-state index contributed by atoms with van der Waals surface area (Å²) in [4.78, 5) is 0. The van der Waals surface area contributed by atoms with Gasteiger partial charge >= 0.3 is 0 Å². The van der Waals surface area contributed by atoms with Crippen LogP contribution in [0.3, 0.4) is 0 Å². The van der Waals surface area contributed by atoms with E-state index in [4.69, 9.17) is 0 Å². The molecule has 0 amide bonds. The number of hydrogen-bond acceptors (Lipinski definition) is 1. The zero-order chi connectivity index (χ0) is 3.54. The van der Waals surface area contributed by atoms with Crippen molar-refractivity contribution in [2.45, 2.75) is 0 Å². The average Bonchev–Trinajstić information content (AvgIpc) is 1.76. The van der Waals surface area contributed by atoms with E-state index in [0.29, 0.717) is 0 Å². The second kappa shape index (κ2) is 0.813. The van der Waals surface area contributed by atoms with E-state index in [1.54, 1.807) is 6.07 Å². The van der Waals surface area contributed by atoms with Crippen molar-refractivity contribution < 1.29 is 4.42 Å². The third-order valence-electron chi connectivity index (χ3n) is 0.337. The molecule has 24 valence electrons. The molecule has 0 unspecified atom stereocenters. The van der Waals surface area contributed by atoms with E-state index in [-0.39, 0.29) is 0 Å². The topological polar surface area (TPSA) is 13.1 Å². The van der Waals surface area contributed by atoms with Crippen molar-refractivity contribution in [2.75, 3.05) is 0 Å². The highest BCUT2D eigenvalue weighted by Gasteiger charge is 1.52. The van der Waals surface area contributed by atoms with Gasteiger partial charge in [-0.15, -0.1) is 0 Å². The Morgan fingerprint density at radius 1 is 1.60 bits per heavy atom. The van der Waals surface area contributed by atoms with E-state index in [0.717, 1.165) is 0 Å². The third kappa shape index (κ3) is 0.223. The van der Waals surface area contributed by atoms with Crippen LogP contribution in [0.1, 0.15) is 0 Å². The fourth-order valence-corrected chi connectivity index (χ4v) is 0.170. The first-order chi connectivity index (χ1) is 2.50. The van der Waals surface area contributed by atoms with Crippen LogP contribution >= 0.6 is 0 Å². The molecule has 1 aromatic heterocycles. The molecular weight excluding hydrogens is 64.0 g/mol. The molecule has 5 heavy (non-hydrogen) atoms. The fourth-order valence-electron chi connectivity index (χ4n) is 0.170. The Kier molecular flexibility index (Phi) is 0.381. The van der Waals surface area contributed by atoms with Crippen molar-refractivity contribution in [3.63, 3.8) is 0 Å². The van der Waals surface area contributed by atoms with Gasteiger partial charge in [-0.1, -0.05) is 0 Å². The summed E-state index contributed by atoms with van der Waals surface area (Å²) in [6, 6.07) is 4.22. The lowest BCUT2D eigenvalue weighted by Crippen LogP contribution is -1.19. The van der Waals surface area contributed by atoms with E-state index >= 15 is 0 Å². The van der Waals surface area contributed by atoms with Crippen LogP contribution in [0.5, 0.6) is 0 Å². The monoisotopic (exact) mass is 66.0 g/mol. The van der Waals surface area contributed by atoms with Gasteiger partial charge in [0.1, 0.15) is 12.5 Å². The van der Waals surface area contributed by atoms with Crippen LogP contribution in [0, 0.1) is 12.3 Å². The smallest absolute Gasteiger partial charge is 0.120 e. The predicted molar refractivity (Wildman–Crippen MR) is 16.4 cm³/mol. The van der Waals surface area contributed by atoms with E-state index in [2.05, 4.69) is 16.7 Å². The minimum absolute atomic E-state index is 1.51. The van der Waals surface area contributed by atoms with Crippen LogP contribution in [0.2, 0.25) is 0 Å². The maximum atomic E-state index is 4.40. The van der Waals surface area contributed by atoms with Crippen LogP contribution in [0.4, 0.5) is 0 Å². The minimum atomic E-state index is 1.51. The van der Waals surface area contributed by atoms with E-state index < -0.39 is 0 Å². The molecule has 0 aliphatic rings.